The molecule has 2 aromatic heterocycles. The fraction of sp³-hybridized carbons (Fsp3) is 0.625. The Labute approximate surface area is 128 Å². The van der Waals surface area contributed by atoms with Gasteiger partial charge in [0.1, 0.15) is 12.1 Å². The Morgan fingerprint density at radius 3 is 3.14 bits per heavy atom. The Kier molecular flexibility index (Phi) is 3.15. The minimum Gasteiger partial charge on any atom is -0.389 e. The summed E-state index contributed by atoms with van der Waals surface area (Å²) in [6, 6.07) is 0. The van der Waals surface area contributed by atoms with Crippen molar-refractivity contribution in [3.63, 3.8) is 0 Å². The van der Waals surface area contributed by atoms with Crippen LogP contribution in [0.4, 0.5) is 5.82 Å². The van der Waals surface area contributed by atoms with E-state index >= 15 is 0 Å². The van der Waals surface area contributed by atoms with Crippen LogP contribution in [0.2, 0.25) is 0 Å². The predicted molar refractivity (Wildman–Crippen MR) is 85.9 cm³/mol. The minimum atomic E-state index is -0.424. The van der Waals surface area contributed by atoms with E-state index in [1.807, 2.05) is 0 Å². The standard InChI is InChI=1S/C16H21N3OS/c1-11-9-21-14-13(11)17-10-18-15(14)19-7-6-16(20)5-3-2-4-12(16)8-19/h9-10,12,20H,2-8H2,1H3. The summed E-state index contributed by atoms with van der Waals surface area (Å²) in [5, 5.41) is 13.0. The number of rotatable bonds is 1. The summed E-state index contributed by atoms with van der Waals surface area (Å²) in [7, 11) is 0. The maximum atomic E-state index is 10.8. The number of hydrogen-bond acceptors (Lipinski definition) is 5. The van der Waals surface area contributed by atoms with E-state index in [4.69, 9.17) is 0 Å². The van der Waals surface area contributed by atoms with Crippen molar-refractivity contribution in [2.75, 3.05) is 18.0 Å². The highest BCUT2D eigenvalue weighted by Crippen LogP contribution is 2.42. The van der Waals surface area contributed by atoms with E-state index < -0.39 is 5.60 Å². The number of aromatic nitrogens is 2. The second kappa shape index (κ2) is 4.92. The maximum absolute atomic E-state index is 10.8. The van der Waals surface area contributed by atoms with Gasteiger partial charge in [-0.25, -0.2) is 9.97 Å². The Hall–Kier alpha value is -1.20. The highest BCUT2D eigenvalue weighted by Gasteiger charge is 2.43. The quantitative estimate of drug-likeness (QED) is 0.879. The summed E-state index contributed by atoms with van der Waals surface area (Å²) < 4.78 is 1.19. The zero-order valence-corrected chi connectivity index (χ0v) is 13.2. The molecule has 2 fully saturated rings. The van der Waals surface area contributed by atoms with Gasteiger partial charge in [-0.3, -0.25) is 0 Å². The molecule has 5 heteroatoms. The van der Waals surface area contributed by atoms with Crippen LogP contribution in [0, 0.1) is 12.8 Å². The predicted octanol–water partition coefficient (Wildman–Crippen LogP) is 3.13. The summed E-state index contributed by atoms with van der Waals surface area (Å²) >= 11 is 1.73. The monoisotopic (exact) mass is 303 g/mol. The average Bonchev–Trinajstić information content (AvgIpc) is 2.88. The number of aliphatic hydroxyl groups is 1. The SMILES string of the molecule is Cc1csc2c(N3CCC4(O)CCCCC4C3)ncnc12. The van der Waals surface area contributed by atoms with Gasteiger partial charge in [0.15, 0.2) is 0 Å². The van der Waals surface area contributed by atoms with Crippen LogP contribution in [0.15, 0.2) is 11.7 Å². The van der Waals surface area contributed by atoms with Crippen LogP contribution < -0.4 is 4.90 Å². The molecule has 1 aliphatic carbocycles. The molecule has 2 aliphatic rings. The van der Waals surface area contributed by atoms with Crippen LogP contribution in [0.5, 0.6) is 0 Å². The van der Waals surface area contributed by atoms with Gasteiger partial charge in [-0.2, -0.15) is 0 Å². The van der Waals surface area contributed by atoms with E-state index in [1.165, 1.54) is 23.1 Å². The molecule has 21 heavy (non-hydrogen) atoms. The highest BCUT2D eigenvalue weighted by molar-refractivity contribution is 7.18. The van der Waals surface area contributed by atoms with Crippen molar-refractivity contribution in [2.45, 2.75) is 44.6 Å². The number of anilines is 1. The van der Waals surface area contributed by atoms with Gasteiger partial charge in [0.25, 0.3) is 0 Å². The van der Waals surface area contributed by atoms with Gasteiger partial charge in [-0.15, -0.1) is 11.3 Å². The molecule has 4 nitrogen and oxygen atoms in total. The molecular formula is C16H21N3OS. The molecule has 3 heterocycles. The van der Waals surface area contributed by atoms with Crippen LogP contribution in [0.25, 0.3) is 10.2 Å². The van der Waals surface area contributed by atoms with Gasteiger partial charge in [0, 0.05) is 19.0 Å². The molecule has 0 aromatic carbocycles. The fourth-order valence-electron chi connectivity index (χ4n) is 3.95. The van der Waals surface area contributed by atoms with Gasteiger partial charge in [0.2, 0.25) is 0 Å². The lowest BCUT2D eigenvalue weighted by Crippen LogP contribution is -2.53. The summed E-state index contributed by atoms with van der Waals surface area (Å²) in [5.74, 6) is 1.46. The second-order valence-corrected chi connectivity index (χ2v) is 7.42. The van der Waals surface area contributed by atoms with Gasteiger partial charge in [-0.1, -0.05) is 12.8 Å². The Balaban J connectivity index is 1.67. The lowest BCUT2D eigenvalue weighted by molar-refractivity contribution is -0.0613. The molecule has 0 amide bonds. The van der Waals surface area contributed by atoms with Crippen molar-refractivity contribution < 1.29 is 5.11 Å². The summed E-state index contributed by atoms with van der Waals surface area (Å²) in [4.78, 5) is 11.3. The zero-order chi connectivity index (χ0) is 14.4. The number of fused-ring (bicyclic) bond motifs is 2. The van der Waals surface area contributed by atoms with Crippen LogP contribution in [-0.4, -0.2) is 33.8 Å². The Bertz CT molecular complexity index is 671. The minimum absolute atomic E-state index is 0.395. The molecule has 1 saturated heterocycles. The van der Waals surface area contributed by atoms with Gasteiger partial charge >= 0.3 is 0 Å². The number of aryl methyl sites for hydroxylation is 1. The third-order valence-corrected chi connectivity index (χ3v) is 6.32. The molecule has 0 spiro atoms. The Morgan fingerprint density at radius 1 is 1.33 bits per heavy atom. The first-order valence-corrected chi connectivity index (χ1v) is 8.71. The molecule has 1 N–H and O–H groups in total. The molecular weight excluding hydrogens is 282 g/mol. The molecule has 0 radical (unpaired) electrons. The van der Waals surface area contributed by atoms with Gasteiger partial charge in [-0.05, 0) is 37.1 Å². The van der Waals surface area contributed by atoms with Crippen LogP contribution >= 0.6 is 11.3 Å². The summed E-state index contributed by atoms with van der Waals surface area (Å²) in [6.45, 7) is 3.93. The van der Waals surface area contributed by atoms with Crippen molar-refractivity contribution in [1.29, 1.82) is 0 Å². The van der Waals surface area contributed by atoms with E-state index in [0.29, 0.717) is 5.92 Å². The van der Waals surface area contributed by atoms with Crippen molar-refractivity contribution in [2.24, 2.45) is 5.92 Å². The third kappa shape index (κ3) is 2.14. The number of thiophene rings is 1. The first-order valence-electron chi connectivity index (χ1n) is 7.83. The maximum Gasteiger partial charge on any atom is 0.150 e. The smallest absolute Gasteiger partial charge is 0.150 e. The molecule has 2 unspecified atom stereocenters. The van der Waals surface area contributed by atoms with Crippen LogP contribution in [0.1, 0.15) is 37.7 Å². The zero-order valence-electron chi connectivity index (χ0n) is 12.4. The van der Waals surface area contributed by atoms with Crippen molar-refractivity contribution in [1.82, 2.24) is 9.97 Å². The molecule has 2 aromatic rings. The normalized spacial score (nSPS) is 29.6. The second-order valence-electron chi connectivity index (χ2n) is 6.54. The van der Waals surface area contributed by atoms with Crippen LogP contribution in [0.3, 0.4) is 0 Å². The van der Waals surface area contributed by atoms with Crippen LogP contribution in [-0.2, 0) is 0 Å². The van der Waals surface area contributed by atoms with E-state index in [0.717, 1.165) is 43.7 Å². The van der Waals surface area contributed by atoms with Gasteiger partial charge < -0.3 is 10.0 Å². The first kappa shape index (κ1) is 13.5. The molecule has 1 aliphatic heterocycles. The topological polar surface area (TPSA) is 49.2 Å². The third-order valence-electron chi connectivity index (χ3n) is 5.24. The van der Waals surface area contributed by atoms with Crippen molar-refractivity contribution in [3.05, 3.63) is 17.3 Å². The fourth-order valence-corrected chi connectivity index (χ4v) is 4.96. The van der Waals surface area contributed by atoms with Gasteiger partial charge in [0.05, 0.1) is 15.8 Å². The molecule has 1 saturated carbocycles. The molecule has 2 atom stereocenters. The summed E-state index contributed by atoms with van der Waals surface area (Å²) in [6.07, 6.45) is 7.09. The molecule has 4 rings (SSSR count). The first-order chi connectivity index (χ1) is 10.2. The largest absolute Gasteiger partial charge is 0.389 e. The lowest BCUT2D eigenvalue weighted by Gasteiger charge is -2.47. The van der Waals surface area contributed by atoms with E-state index in [-0.39, 0.29) is 0 Å². The number of hydrogen-bond donors (Lipinski definition) is 1. The van der Waals surface area contributed by atoms with E-state index in [1.54, 1.807) is 17.7 Å². The van der Waals surface area contributed by atoms with E-state index in [9.17, 15) is 5.11 Å². The summed E-state index contributed by atoms with van der Waals surface area (Å²) in [5.41, 5.74) is 1.88. The van der Waals surface area contributed by atoms with Crippen molar-refractivity contribution in [3.8, 4) is 0 Å². The number of piperidine rings is 1. The number of nitrogens with zero attached hydrogens (tertiary/aromatic N) is 3. The average molecular weight is 303 g/mol. The Morgan fingerprint density at radius 2 is 2.24 bits per heavy atom. The lowest BCUT2D eigenvalue weighted by atomic mass is 9.71. The van der Waals surface area contributed by atoms with Crippen molar-refractivity contribution >= 4 is 27.4 Å². The van der Waals surface area contributed by atoms with E-state index in [2.05, 4.69) is 27.2 Å². The molecule has 112 valence electrons. The highest BCUT2D eigenvalue weighted by atomic mass is 32.1. The molecule has 0 bridgehead atoms.